The van der Waals surface area contributed by atoms with E-state index in [1.807, 2.05) is 0 Å². The van der Waals surface area contributed by atoms with E-state index in [9.17, 15) is 35.5 Å². The third-order valence-corrected chi connectivity index (χ3v) is 3.17. The number of carbonyl (C=O) groups is 1. The van der Waals surface area contributed by atoms with Crippen molar-refractivity contribution in [3.8, 4) is 0 Å². The van der Waals surface area contributed by atoms with Gasteiger partial charge in [0.25, 0.3) is 0 Å². The van der Waals surface area contributed by atoms with Gasteiger partial charge in [-0.3, -0.25) is 10.2 Å². The Bertz CT molecular complexity index is 863. The van der Waals surface area contributed by atoms with Gasteiger partial charge in [-0.15, -0.1) is 0 Å². The van der Waals surface area contributed by atoms with E-state index < -0.39 is 40.7 Å². The predicted octanol–water partition coefficient (Wildman–Crippen LogP) is 4.67. The van der Waals surface area contributed by atoms with Gasteiger partial charge in [0.1, 0.15) is 11.3 Å². The number of amides is 1. The Morgan fingerprint density at radius 3 is 1.93 bits per heavy atom. The summed E-state index contributed by atoms with van der Waals surface area (Å²) in [5.41, 5.74) is -1.73. The maximum absolute atomic E-state index is 13.7. The smallest absolute Gasteiger partial charge is 0.326 e. The number of hydrogen-bond donors (Lipinski definition) is 2. The molecule has 0 fully saturated rings. The molecule has 0 saturated carbocycles. The zero-order valence-electron chi connectivity index (χ0n) is 13.4. The lowest BCUT2D eigenvalue weighted by Gasteiger charge is -2.13. The first-order valence-corrected chi connectivity index (χ1v) is 7.12. The second-order valence-electron chi connectivity index (χ2n) is 5.18. The Kier molecular flexibility index (Phi) is 5.72. The zero-order chi connectivity index (χ0) is 20.4. The van der Waals surface area contributed by atoms with Crippen LogP contribution in [0.2, 0.25) is 0 Å². The molecule has 0 spiro atoms. The minimum Gasteiger partial charge on any atom is -0.326 e. The van der Waals surface area contributed by atoms with E-state index in [2.05, 4.69) is 10.4 Å². The Balaban J connectivity index is 2.25. The van der Waals surface area contributed by atoms with Crippen molar-refractivity contribution in [1.82, 2.24) is 0 Å². The van der Waals surface area contributed by atoms with Gasteiger partial charge in [0.15, 0.2) is 23.3 Å². The van der Waals surface area contributed by atoms with Gasteiger partial charge < -0.3 is 5.32 Å². The van der Waals surface area contributed by atoms with Crippen LogP contribution in [-0.2, 0) is 11.0 Å². The quantitative estimate of drug-likeness (QED) is 0.343. The fourth-order valence-electron chi connectivity index (χ4n) is 2.01. The van der Waals surface area contributed by atoms with Crippen LogP contribution in [-0.4, -0.2) is 12.1 Å². The summed E-state index contributed by atoms with van der Waals surface area (Å²) in [7, 11) is 0. The average molecular weight is 393 g/mol. The fourth-order valence-corrected chi connectivity index (χ4v) is 2.01. The van der Waals surface area contributed by atoms with Crippen molar-refractivity contribution in [3.63, 3.8) is 0 Å². The van der Waals surface area contributed by atoms with Gasteiger partial charge >= 0.3 is 6.18 Å². The van der Waals surface area contributed by atoms with E-state index >= 15 is 0 Å². The van der Waals surface area contributed by atoms with E-state index in [4.69, 9.17) is 0 Å². The molecule has 2 aromatic carbocycles. The molecule has 2 aromatic rings. The zero-order valence-corrected chi connectivity index (χ0v) is 13.4. The van der Waals surface area contributed by atoms with Crippen molar-refractivity contribution >= 4 is 23.5 Å². The summed E-state index contributed by atoms with van der Waals surface area (Å²) in [6, 6.07) is 5.83. The summed E-state index contributed by atoms with van der Waals surface area (Å²) in [6.07, 6.45) is -4.63. The number of anilines is 2. The molecule has 2 N–H and O–H groups in total. The van der Waals surface area contributed by atoms with Crippen molar-refractivity contribution in [1.29, 1.82) is 0 Å². The molecule has 11 heteroatoms. The molecule has 1 amide bonds. The Morgan fingerprint density at radius 2 is 1.48 bits per heavy atom. The van der Waals surface area contributed by atoms with Crippen LogP contribution in [0.25, 0.3) is 0 Å². The van der Waals surface area contributed by atoms with E-state index in [1.54, 1.807) is 5.43 Å². The first-order valence-electron chi connectivity index (χ1n) is 7.12. The van der Waals surface area contributed by atoms with Gasteiger partial charge in [0.2, 0.25) is 5.91 Å². The normalized spacial score (nSPS) is 11.7. The van der Waals surface area contributed by atoms with E-state index in [0.29, 0.717) is 11.3 Å². The minimum absolute atomic E-state index is 0.310. The molecular formula is C16H10F7N3O. The number of alkyl halides is 3. The van der Waals surface area contributed by atoms with E-state index in [-0.39, 0.29) is 5.91 Å². The maximum Gasteiger partial charge on any atom is 0.422 e. The standard InChI is InChI=1S/C16H10F7N3O/c1-7(27)25-9-4-2-8(3-5-9)6-24-26-15-13(19)11(17)10(16(21,22)23)12(18)14(15)20/h2-6,26H,1H3,(H,25,27)/b24-6+. The summed E-state index contributed by atoms with van der Waals surface area (Å²) < 4.78 is 91.8. The van der Waals surface area contributed by atoms with Crippen LogP contribution in [0.15, 0.2) is 29.4 Å². The van der Waals surface area contributed by atoms with Crippen LogP contribution in [0, 0.1) is 23.3 Å². The van der Waals surface area contributed by atoms with Crippen molar-refractivity contribution in [2.75, 3.05) is 10.7 Å². The lowest BCUT2D eigenvalue weighted by atomic mass is 10.1. The number of carbonyl (C=O) groups excluding carboxylic acids is 1. The molecule has 0 aliphatic carbocycles. The highest BCUT2D eigenvalue weighted by molar-refractivity contribution is 5.89. The van der Waals surface area contributed by atoms with Crippen LogP contribution in [0.3, 0.4) is 0 Å². The summed E-state index contributed by atoms with van der Waals surface area (Å²) in [4.78, 5) is 10.9. The van der Waals surface area contributed by atoms with Gasteiger partial charge in [-0.25, -0.2) is 17.6 Å². The molecule has 0 bridgehead atoms. The molecule has 0 aliphatic rings. The third kappa shape index (κ3) is 4.54. The first kappa shape index (κ1) is 20.2. The third-order valence-electron chi connectivity index (χ3n) is 3.17. The fraction of sp³-hybridized carbons (Fsp3) is 0.125. The highest BCUT2D eigenvalue weighted by Gasteiger charge is 2.42. The van der Waals surface area contributed by atoms with Gasteiger partial charge in [0, 0.05) is 12.6 Å². The molecule has 0 aromatic heterocycles. The van der Waals surface area contributed by atoms with Crippen LogP contribution < -0.4 is 10.7 Å². The summed E-state index contributed by atoms with van der Waals surface area (Å²) in [5.74, 6) is -10.0. The molecule has 0 atom stereocenters. The lowest BCUT2D eigenvalue weighted by Crippen LogP contribution is -2.16. The van der Waals surface area contributed by atoms with Crippen molar-refractivity contribution < 1.29 is 35.5 Å². The van der Waals surface area contributed by atoms with E-state index in [0.717, 1.165) is 6.21 Å². The van der Waals surface area contributed by atoms with Crippen LogP contribution in [0.4, 0.5) is 42.1 Å². The maximum atomic E-state index is 13.7. The molecule has 0 radical (unpaired) electrons. The highest BCUT2D eigenvalue weighted by atomic mass is 19.4. The molecule has 144 valence electrons. The largest absolute Gasteiger partial charge is 0.422 e. The van der Waals surface area contributed by atoms with Crippen LogP contribution in [0.5, 0.6) is 0 Å². The summed E-state index contributed by atoms with van der Waals surface area (Å²) >= 11 is 0. The molecule has 0 unspecified atom stereocenters. The second-order valence-corrected chi connectivity index (χ2v) is 5.18. The number of hydrazone groups is 1. The minimum atomic E-state index is -5.62. The van der Waals surface area contributed by atoms with Crippen molar-refractivity contribution in [2.24, 2.45) is 5.10 Å². The average Bonchev–Trinajstić information content (AvgIpc) is 2.56. The molecule has 0 heterocycles. The van der Waals surface area contributed by atoms with Gasteiger partial charge in [0.05, 0.1) is 6.21 Å². The lowest BCUT2D eigenvalue weighted by molar-refractivity contribution is -0.143. The number of halogens is 7. The monoisotopic (exact) mass is 393 g/mol. The van der Waals surface area contributed by atoms with Gasteiger partial charge in [-0.2, -0.15) is 18.3 Å². The molecule has 27 heavy (non-hydrogen) atoms. The Hall–Kier alpha value is -3.11. The number of nitrogens with zero attached hydrogens (tertiary/aromatic N) is 1. The topological polar surface area (TPSA) is 53.5 Å². The predicted molar refractivity (Wildman–Crippen MR) is 83.2 cm³/mol. The summed E-state index contributed by atoms with van der Waals surface area (Å²) in [5, 5.41) is 5.83. The Morgan fingerprint density at radius 1 is 0.963 bits per heavy atom. The molecule has 0 saturated heterocycles. The van der Waals surface area contributed by atoms with Gasteiger partial charge in [-0.1, -0.05) is 12.1 Å². The van der Waals surface area contributed by atoms with Crippen molar-refractivity contribution in [2.45, 2.75) is 13.1 Å². The highest BCUT2D eigenvalue weighted by Crippen LogP contribution is 2.38. The van der Waals surface area contributed by atoms with Crippen LogP contribution >= 0.6 is 0 Å². The molecule has 4 nitrogen and oxygen atoms in total. The number of nitrogens with one attached hydrogen (secondary N) is 2. The SMILES string of the molecule is CC(=O)Nc1ccc(/C=N/Nc2c(F)c(F)c(C(F)(F)F)c(F)c2F)cc1. The number of benzene rings is 2. The summed E-state index contributed by atoms with van der Waals surface area (Å²) in [6.45, 7) is 1.30. The van der Waals surface area contributed by atoms with Crippen LogP contribution in [0.1, 0.15) is 18.1 Å². The molecule has 0 aliphatic heterocycles. The van der Waals surface area contributed by atoms with E-state index in [1.165, 1.54) is 31.2 Å². The van der Waals surface area contributed by atoms with Gasteiger partial charge in [-0.05, 0) is 17.7 Å². The second kappa shape index (κ2) is 7.64. The molecular weight excluding hydrogens is 383 g/mol. The first-order chi connectivity index (χ1) is 12.5. The Labute approximate surface area is 147 Å². The number of rotatable bonds is 4. The molecule has 2 rings (SSSR count). The number of hydrogen-bond acceptors (Lipinski definition) is 3. The van der Waals surface area contributed by atoms with Crippen molar-refractivity contribution in [3.05, 3.63) is 58.7 Å².